The molecule has 0 aliphatic carbocycles. The van der Waals surface area contributed by atoms with Gasteiger partial charge in [-0.3, -0.25) is 9.59 Å². The van der Waals surface area contributed by atoms with Gasteiger partial charge in [-0.25, -0.2) is 4.79 Å². The third-order valence-corrected chi connectivity index (χ3v) is 5.25. The average molecular weight is 407 g/mol. The second-order valence-corrected chi connectivity index (χ2v) is 7.62. The molecule has 0 fully saturated rings. The number of nitrogens with one attached hydrogen (secondary N) is 1. The van der Waals surface area contributed by atoms with E-state index in [-0.39, 0.29) is 11.7 Å². The van der Waals surface area contributed by atoms with Crippen molar-refractivity contribution in [3.8, 4) is 11.1 Å². The second kappa shape index (κ2) is 8.84. The number of benzene rings is 2. The predicted molar refractivity (Wildman–Crippen MR) is 114 cm³/mol. The Labute approximate surface area is 173 Å². The summed E-state index contributed by atoms with van der Waals surface area (Å²) in [5.74, 6) is -1.01. The van der Waals surface area contributed by atoms with E-state index in [4.69, 9.17) is 4.74 Å². The molecule has 0 bridgehead atoms. The molecule has 6 heteroatoms. The van der Waals surface area contributed by atoms with Gasteiger partial charge < -0.3 is 10.1 Å². The molecule has 0 saturated carbocycles. The van der Waals surface area contributed by atoms with Crippen LogP contribution >= 0.6 is 11.3 Å². The maximum absolute atomic E-state index is 12.7. The standard InChI is InChI=1S/C23H21NO4S/c1-14-4-6-17(7-5-14)20-12-13-29-22(20)23(27)28-15(2)21(26)18-8-10-19(11-9-18)24-16(3)25/h4-13,15H,1-3H3,(H,24,25)/t15-/m1/s1. The van der Waals surface area contributed by atoms with E-state index in [1.165, 1.54) is 18.3 Å². The number of rotatable bonds is 6. The Morgan fingerprint density at radius 1 is 0.966 bits per heavy atom. The Hall–Kier alpha value is -3.25. The molecular formula is C23H21NO4S. The van der Waals surface area contributed by atoms with Crippen molar-refractivity contribution in [3.63, 3.8) is 0 Å². The molecule has 29 heavy (non-hydrogen) atoms. The van der Waals surface area contributed by atoms with Crippen LogP contribution in [0.2, 0.25) is 0 Å². The number of carbonyl (C=O) groups is 3. The van der Waals surface area contributed by atoms with Gasteiger partial charge >= 0.3 is 5.97 Å². The van der Waals surface area contributed by atoms with E-state index in [0.29, 0.717) is 16.1 Å². The molecule has 1 heterocycles. The van der Waals surface area contributed by atoms with E-state index >= 15 is 0 Å². The maximum Gasteiger partial charge on any atom is 0.349 e. The van der Waals surface area contributed by atoms with Crippen molar-refractivity contribution in [1.29, 1.82) is 0 Å². The summed E-state index contributed by atoms with van der Waals surface area (Å²) in [7, 11) is 0. The van der Waals surface area contributed by atoms with Gasteiger partial charge in [-0.05, 0) is 55.1 Å². The Kier molecular flexibility index (Phi) is 6.24. The smallest absolute Gasteiger partial charge is 0.349 e. The average Bonchev–Trinajstić information content (AvgIpc) is 3.18. The highest BCUT2D eigenvalue weighted by atomic mass is 32.1. The predicted octanol–water partition coefficient (Wildman–Crippen LogP) is 5.11. The molecule has 0 spiro atoms. The Morgan fingerprint density at radius 2 is 1.62 bits per heavy atom. The molecular weight excluding hydrogens is 386 g/mol. The Bertz CT molecular complexity index is 1040. The number of amides is 1. The molecule has 1 N–H and O–H groups in total. The first kappa shape index (κ1) is 20.5. The quantitative estimate of drug-likeness (QED) is 0.455. The van der Waals surface area contributed by atoms with Crippen LogP contribution in [0.1, 0.15) is 39.4 Å². The lowest BCUT2D eigenvalue weighted by atomic mass is 10.0. The van der Waals surface area contributed by atoms with E-state index < -0.39 is 12.1 Å². The van der Waals surface area contributed by atoms with E-state index in [2.05, 4.69) is 5.32 Å². The van der Waals surface area contributed by atoms with Gasteiger partial charge in [-0.15, -0.1) is 11.3 Å². The first-order valence-electron chi connectivity index (χ1n) is 9.12. The molecule has 2 aromatic carbocycles. The zero-order valence-corrected chi connectivity index (χ0v) is 17.2. The molecule has 1 amide bonds. The summed E-state index contributed by atoms with van der Waals surface area (Å²) in [5.41, 5.74) is 3.86. The van der Waals surface area contributed by atoms with Crippen LogP contribution < -0.4 is 5.32 Å². The van der Waals surface area contributed by atoms with Crippen LogP contribution in [-0.4, -0.2) is 23.8 Å². The Balaban J connectivity index is 1.71. The molecule has 0 radical (unpaired) electrons. The molecule has 0 aliphatic rings. The van der Waals surface area contributed by atoms with Crippen LogP contribution in [0, 0.1) is 6.92 Å². The summed E-state index contributed by atoms with van der Waals surface area (Å²) in [6, 6.07) is 16.2. The van der Waals surface area contributed by atoms with Gasteiger partial charge in [0.25, 0.3) is 0 Å². The van der Waals surface area contributed by atoms with E-state index in [1.54, 1.807) is 31.2 Å². The van der Waals surface area contributed by atoms with Gasteiger partial charge in [0.05, 0.1) is 0 Å². The molecule has 3 aromatic rings. The zero-order chi connectivity index (χ0) is 21.0. The summed E-state index contributed by atoms with van der Waals surface area (Å²) in [4.78, 5) is 36.8. The van der Waals surface area contributed by atoms with E-state index in [9.17, 15) is 14.4 Å². The van der Waals surface area contributed by atoms with Gasteiger partial charge in [0.2, 0.25) is 11.7 Å². The van der Waals surface area contributed by atoms with Crippen LogP contribution in [0.25, 0.3) is 11.1 Å². The first-order chi connectivity index (χ1) is 13.8. The molecule has 0 aliphatic heterocycles. The minimum atomic E-state index is -0.929. The van der Waals surface area contributed by atoms with Crippen LogP contribution in [0.3, 0.4) is 0 Å². The minimum Gasteiger partial charge on any atom is -0.450 e. The molecule has 0 saturated heterocycles. The van der Waals surface area contributed by atoms with Crippen LogP contribution in [0.5, 0.6) is 0 Å². The molecule has 0 unspecified atom stereocenters. The number of ketones is 1. The Morgan fingerprint density at radius 3 is 2.24 bits per heavy atom. The van der Waals surface area contributed by atoms with Crippen molar-refractivity contribution < 1.29 is 19.1 Å². The van der Waals surface area contributed by atoms with Crippen molar-refractivity contribution in [2.45, 2.75) is 26.9 Å². The fourth-order valence-electron chi connectivity index (χ4n) is 2.85. The number of carbonyl (C=O) groups excluding carboxylic acids is 3. The molecule has 3 rings (SSSR count). The van der Waals surface area contributed by atoms with Crippen molar-refractivity contribution in [3.05, 3.63) is 76.0 Å². The number of hydrogen-bond acceptors (Lipinski definition) is 5. The molecule has 1 aromatic heterocycles. The van der Waals surface area contributed by atoms with E-state index in [0.717, 1.165) is 16.7 Å². The zero-order valence-electron chi connectivity index (χ0n) is 16.4. The number of aryl methyl sites for hydroxylation is 1. The third kappa shape index (κ3) is 4.97. The lowest BCUT2D eigenvalue weighted by molar-refractivity contribution is -0.114. The molecule has 1 atom stereocenters. The molecule has 5 nitrogen and oxygen atoms in total. The number of anilines is 1. The van der Waals surface area contributed by atoms with Gasteiger partial charge in [0, 0.05) is 23.7 Å². The summed E-state index contributed by atoms with van der Waals surface area (Å²) >= 11 is 1.29. The maximum atomic E-state index is 12.7. The lowest BCUT2D eigenvalue weighted by Gasteiger charge is -2.13. The van der Waals surface area contributed by atoms with Gasteiger partial charge in [-0.1, -0.05) is 29.8 Å². The number of Topliss-reactive ketones (excluding diaryl/α,β-unsaturated/α-hetero) is 1. The fraction of sp³-hybridized carbons (Fsp3) is 0.174. The number of hydrogen-bond donors (Lipinski definition) is 1. The number of thiophene rings is 1. The van der Waals surface area contributed by atoms with Gasteiger partial charge in [0.1, 0.15) is 4.88 Å². The highest BCUT2D eigenvalue weighted by Gasteiger charge is 2.23. The fourth-order valence-corrected chi connectivity index (χ4v) is 3.65. The highest BCUT2D eigenvalue weighted by Crippen LogP contribution is 2.29. The van der Waals surface area contributed by atoms with Crippen molar-refractivity contribution >= 4 is 34.7 Å². The monoisotopic (exact) mass is 407 g/mol. The summed E-state index contributed by atoms with van der Waals surface area (Å²) < 4.78 is 5.44. The SMILES string of the molecule is CC(=O)Nc1ccc(C(=O)[C@@H](C)OC(=O)c2sccc2-c2ccc(C)cc2)cc1. The number of esters is 1. The lowest BCUT2D eigenvalue weighted by Crippen LogP contribution is -2.24. The van der Waals surface area contributed by atoms with Crippen molar-refractivity contribution in [2.75, 3.05) is 5.32 Å². The van der Waals surface area contributed by atoms with Crippen molar-refractivity contribution in [1.82, 2.24) is 0 Å². The second-order valence-electron chi connectivity index (χ2n) is 6.70. The van der Waals surface area contributed by atoms with E-state index in [1.807, 2.05) is 42.6 Å². The van der Waals surface area contributed by atoms with Crippen LogP contribution in [-0.2, 0) is 9.53 Å². The highest BCUT2D eigenvalue weighted by molar-refractivity contribution is 7.12. The molecule has 148 valence electrons. The van der Waals surface area contributed by atoms with Crippen LogP contribution in [0.15, 0.2) is 60.0 Å². The summed E-state index contributed by atoms with van der Waals surface area (Å²) in [5, 5.41) is 4.47. The summed E-state index contributed by atoms with van der Waals surface area (Å²) in [6.45, 7) is 4.97. The minimum absolute atomic E-state index is 0.188. The largest absolute Gasteiger partial charge is 0.450 e. The van der Waals surface area contributed by atoms with Gasteiger partial charge in [-0.2, -0.15) is 0 Å². The van der Waals surface area contributed by atoms with Crippen LogP contribution in [0.4, 0.5) is 5.69 Å². The van der Waals surface area contributed by atoms with Crippen molar-refractivity contribution in [2.24, 2.45) is 0 Å². The number of ether oxygens (including phenoxy) is 1. The summed E-state index contributed by atoms with van der Waals surface area (Å²) in [6.07, 6.45) is -0.929. The first-order valence-corrected chi connectivity index (χ1v) is 10.0. The third-order valence-electron chi connectivity index (χ3n) is 4.36. The van der Waals surface area contributed by atoms with Gasteiger partial charge in [0.15, 0.2) is 6.10 Å². The normalized spacial score (nSPS) is 11.6. The topological polar surface area (TPSA) is 72.5 Å².